The minimum atomic E-state index is -1.10. The second kappa shape index (κ2) is 20.9. The molecule has 2 atom stereocenters. The molecule has 0 fully saturated rings. The molecule has 0 saturated heterocycles. The van der Waals surface area contributed by atoms with E-state index in [1.54, 1.807) is 0 Å². The van der Waals surface area contributed by atoms with Crippen molar-refractivity contribution in [1.82, 2.24) is 5.32 Å². The predicted octanol–water partition coefficient (Wildman–Crippen LogP) is 7.30. The van der Waals surface area contributed by atoms with Crippen LogP contribution in [-0.2, 0) is 27.5 Å². The van der Waals surface area contributed by atoms with Crippen molar-refractivity contribution in [2.24, 2.45) is 0 Å². The molecule has 2 aromatic carbocycles. The molecule has 39 heavy (non-hydrogen) atoms. The van der Waals surface area contributed by atoms with Gasteiger partial charge in [-0.25, -0.2) is 4.79 Å². The van der Waals surface area contributed by atoms with Crippen LogP contribution in [0.3, 0.4) is 0 Å². The van der Waals surface area contributed by atoms with Crippen molar-refractivity contribution in [3.63, 3.8) is 0 Å². The fraction of sp³-hybridized carbons (Fsp3) is 0.515. The molecule has 0 radical (unpaired) electrons. The first-order valence-electron chi connectivity index (χ1n) is 14.6. The standard InChI is InChI=1S/C33H47NO5/c1-2-3-4-5-6-7-8-9-10-17-22-30(35)23-24-32(36)31(27-38-25-28-18-13-11-14-19-28)34-33(37)39-26-29-20-15-12-16-21-29/h11-16,18-21,23-24,31-32,36H,2-10,17,22,25-27H2,1H3,(H,34,37)/b24-23+/t31-,32+/m1/s1. The molecular weight excluding hydrogens is 490 g/mol. The Hall–Kier alpha value is -2.96. The van der Waals surface area contributed by atoms with Crippen molar-refractivity contribution < 1.29 is 24.2 Å². The Kier molecular flexibility index (Phi) is 17.3. The molecule has 0 bridgehead atoms. The zero-order valence-electron chi connectivity index (χ0n) is 23.6. The summed E-state index contributed by atoms with van der Waals surface area (Å²) in [4.78, 5) is 24.8. The molecule has 214 valence electrons. The van der Waals surface area contributed by atoms with Crippen LogP contribution in [0, 0.1) is 0 Å². The molecule has 2 N–H and O–H groups in total. The Morgan fingerprint density at radius 1 is 0.795 bits per heavy atom. The van der Waals surface area contributed by atoms with Crippen molar-refractivity contribution >= 4 is 11.9 Å². The topological polar surface area (TPSA) is 84.9 Å². The van der Waals surface area contributed by atoms with Gasteiger partial charge < -0.3 is 19.9 Å². The summed E-state index contributed by atoms with van der Waals surface area (Å²) in [5.74, 6) is -0.0239. The number of alkyl carbamates (subject to hydrolysis) is 1. The Bertz CT molecular complexity index is 932. The van der Waals surface area contributed by atoms with E-state index in [2.05, 4.69) is 12.2 Å². The fourth-order valence-corrected chi connectivity index (χ4v) is 4.23. The lowest BCUT2D eigenvalue weighted by atomic mass is 10.0. The normalized spacial score (nSPS) is 12.8. The van der Waals surface area contributed by atoms with Crippen LogP contribution in [0.25, 0.3) is 0 Å². The molecular formula is C33H47NO5. The Morgan fingerprint density at radius 2 is 1.33 bits per heavy atom. The van der Waals surface area contributed by atoms with Crippen LogP contribution in [0.4, 0.5) is 4.79 Å². The summed E-state index contributed by atoms with van der Waals surface area (Å²) in [5, 5.41) is 13.4. The minimum absolute atomic E-state index is 0.0239. The Morgan fingerprint density at radius 3 is 1.92 bits per heavy atom. The first-order chi connectivity index (χ1) is 19.1. The van der Waals surface area contributed by atoms with Gasteiger partial charge in [-0.15, -0.1) is 0 Å². The lowest BCUT2D eigenvalue weighted by Gasteiger charge is -2.22. The van der Waals surface area contributed by atoms with E-state index in [1.165, 1.54) is 57.1 Å². The summed E-state index contributed by atoms with van der Waals surface area (Å²) in [6.45, 7) is 2.76. The smallest absolute Gasteiger partial charge is 0.407 e. The van der Waals surface area contributed by atoms with E-state index < -0.39 is 18.2 Å². The van der Waals surface area contributed by atoms with Gasteiger partial charge in [0.1, 0.15) is 6.61 Å². The number of unbranched alkanes of at least 4 members (excludes halogenated alkanes) is 9. The number of hydrogen-bond acceptors (Lipinski definition) is 5. The number of ether oxygens (including phenoxy) is 2. The summed E-state index contributed by atoms with van der Waals surface area (Å²) in [7, 11) is 0. The lowest BCUT2D eigenvalue weighted by molar-refractivity contribution is -0.114. The number of aliphatic hydroxyl groups excluding tert-OH is 1. The first-order valence-corrected chi connectivity index (χ1v) is 14.6. The van der Waals surface area contributed by atoms with Crippen molar-refractivity contribution in [3.8, 4) is 0 Å². The highest BCUT2D eigenvalue weighted by Crippen LogP contribution is 2.12. The number of carbonyl (C=O) groups excluding carboxylic acids is 2. The summed E-state index contributed by atoms with van der Waals surface area (Å²) in [5.41, 5.74) is 1.85. The van der Waals surface area contributed by atoms with Crippen LogP contribution < -0.4 is 5.32 Å². The fourth-order valence-electron chi connectivity index (χ4n) is 4.23. The van der Waals surface area contributed by atoms with Gasteiger partial charge in [-0.05, 0) is 23.6 Å². The number of amides is 1. The summed E-state index contributed by atoms with van der Waals surface area (Å²) in [6.07, 6.45) is 13.7. The van der Waals surface area contributed by atoms with E-state index in [4.69, 9.17) is 9.47 Å². The number of hydrogen-bond donors (Lipinski definition) is 2. The highest BCUT2D eigenvalue weighted by Gasteiger charge is 2.21. The maximum absolute atomic E-state index is 12.4. The van der Waals surface area contributed by atoms with Crippen molar-refractivity contribution in [1.29, 1.82) is 0 Å². The molecule has 0 heterocycles. The van der Waals surface area contributed by atoms with Crippen molar-refractivity contribution in [2.75, 3.05) is 6.61 Å². The molecule has 0 aliphatic rings. The largest absolute Gasteiger partial charge is 0.445 e. The van der Waals surface area contributed by atoms with Crippen LogP contribution >= 0.6 is 0 Å². The SMILES string of the molecule is CCCCCCCCCCCCC(=O)/C=C/[C@H](O)[C@@H](COCc1ccccc1)NC(=O)OCc1ccccc1. The second-order valence-electron chi connectivity index (χ2n) is 10.1. The zero-order valence-corrected chi connectivity index (χ0v) is 23.6. The third-order valence-electron chi connectivity index (χ3n) is 6.59. The summed E-state index contributed by atoms with van der Waals surface area (Å²) < 4.78 is 11.1. The Labute approximate surface area is 234 Å². The van der Waals surface area contributed by atoms with Crippen molar-refractivity contribution in [3.05, 3.63) is 83.9 Å². The predicted molar refractivity (Wildman–Crippen MR) is 156 cm³/mol. The minimum Gasteiger partial charge on any atom is -0.445 e. The zero-order chi connectivity index (χ0) is 28.0. The van der Waals surface area contributed by atoms with Crippen molar-refractivity contribution in [2.45, 2.75) is 103 Å². The maximum Gasteiger partial charge on any atom is 0.407 e. The van der Waals surface area contributed by atoms with E-state index >= 15 is 0 Å². The molecule has 0 aliphatic carbocycles. The molecule has 0 unspecified atom stereocenters. The average molecular weight is 538 g/mol. The number of nitrogens with one attached hydrogen (secondary N) is 1. The van der Waals surface area contributed by atoms with E-state index in [0.29, 0.717) is 13.0 Å². The first kappa shape index (κ1) is 32.3. The van der Waals surface area contributed by atoms with E-state index in [1.807, 2.05) is 60.7 Å². The molecule has 1 amide bonds. The monoisotopic (exact) mass is 537 g/mol. The average Bonchev–Trinajstić information content (AvgIpc) is 2.96. The third kappa shape index (κ3) is 15.9. The highest BCUT2D eigenvalue weighted by molar-refractivity contribution is 5.89. The Balaban J connectivity index is 1.75. The summed E-state index contributed by atoms with van der Waals surface area (Å²) >= 11 is 0. The lowest BCUT2D eigenvalue weighted by Crippen LogP contribution is -2.46. The summed E-state index contributed by atoms with van der Waals surface area (Å²) in [6, 6.07) is 18.3. The van der Waals surface area contributed by atoms with Gasteiger partial charge in [-0.3, -0.25) is 4.79 Å². The molecule has 0 aromatic heterocycles. The van der Waals surface area contributed by atoms with Gasteiger partial charge in [0.15, 0.2) is 5.78 Å². The van der Waals surface area contributed by atoms with Crippen LogP contribution in [0.2, 0.25) is 0 Å². The number of rotatable bonds is 21. The number of allylic oxidation sites excluding steroid dienone is 1. The van der Waals surface area contributed by atoms with Gasteiger partial charge in [0.25, 0.3) is 0 Å². The van der Waals surface area contributed by atoms with Crippen LogP contribution in [0.5, 0.6) is 0 Å². The number of carbonyl (C=O) groups is 2. The van der Waals surface area contributed by atoms with Gasteiger partial charge in [-0.2, -0.15) is 0 Å². The van der Waals surface area contributed by atoms with Gasteiger partial charge in [0, 0.05) is 6.42 Å². The molecule has 2 aromatic rings. The van der Waals surface area contributed by atoms with E-state index in [-0.39, 0.29) is 19.0 Å². The molecule has 0 aliphatic heterocycles. The van der Waals surface area contributed by atoms with E-state index in [0.717, 1.165) is 30.4 Å². The number of ketones is 1. The molecule has 0 saturated carbocycles. The third-order valence-corrected chi connectivity index (χ3v) is 6.59. The molecule has 6 heteroatoms. The van der Waals surface area contributed by atoms with Gasteiger partial charge in [0.2, 0.25) is 0 Å². The maximum atomic E-state index is 12.4. The second-order valence-corrected chi connectivity index (χ2v) is 10.1. The molecule has 6 nitrogen and oxygen atoms in total. The van der Waals surface area contributed by atoms with Crippen LogP contribution in [0.15, 0.2) is 72.8 Å². The highest BCUT2D eigenvalue weighted by atomic mass is 16.5. The van der Waals surface area contributed by atoms with Gasteiger partial charge in [0.05, 0.1) is 25.4 Å². The molecule has 2 rings (SSSR count). The number of aliphatic hydroxyl groups is 1. The van der Waals surface area contributed by atoms with Crippen LogP contribution in [0.1, 0.15) is 88.7 Å². The van der Waals surface area contributed by atoms with Gasteiger partial charge in [-0.1, -0.05) is 131 Å². The van der Waals surface area contributed by atoms with Crippen LogP contribution in [-0.4, -0.2) is 35.7 Å². The van der Waals surface area contributed by atoms with E-state index in [9.17, 15) is 14.7 Å². The van der Waals surface area contributed by atoms with Gasteiger partial charge >= 0.3 is 6.09 Å². The number of benzene rings is 2. The molecule has 0 spiro atoms. The quantitative estimate of drug-likeness (QED) is 0.129.